The van der Waals surface area contributed by atoms with Crippen molar-refractivity contribution in [1.29, 1.82) is 0 Å². The van der Waals surface area contributed by atoms with Gasteiger partial charge in [-0.25, -0.2) is 9.97 Å². The quantitative estimate of drug-likeness (QED) is 0.797. The van der Waals surface area contributed by atoms with Crippen LogP contribution in [0.4, 0.5) is 0 Å². The van der Waals surface area contributed by atoms with E-state index in [0.717, 1.165) is 16.8 Å². The number of aromatic nitrogens is 6. The fourth-order valence-electron chi connectivity index (χ4n) is 3.00. The topological polar surface area (TPSA) is 81.7 Å². The van der Waals surface area contributed by atoms with E-state index in [9.17, 15) is 5.11 Å². The Balaban J connectivity index is 1.83. The summed E-state index contributed by atoms with van der Waals surface area (Å²) in [6.07, 6.45) is 12.5. The van der Waals surface area contributed by atoms with Gasteiger partial charge in [0.2, 0.25) is 11.8 Å². The fraction of sp³-hybridized carbons (Fsp3) is 0.412. The number of nitrogens with zero attached hydrogens (tertiary/aromatic N) is 6. The van der Waals surface area contributed by atoms with E-state index in [1.54, 1.807) is 23.3 Å². The Morgan fingerprint density at radius 3 is 2.71 bits per heavy atom. The molecule has 0 spiro atoms. The second kappa shape index (κ2) is 5.74. The van der Waals surface area contributed by atoms with E-state index in [1.807, 2.05) is 30.9 Å². The largest absolute Gasteiger partial charge is 0.493 e. The van der Waals surface area contributed by atoms with Crippen molar-refractivity contribution >= 4 is 0 Å². The molecular weight excluding hydrogens is 304 g/mol. The number of hydrogen-bond acceptors (Lipinski definition) is 5. The molecule has 1 saturated carbocycles. The van der Waals surface area contributed by atoms with Crippen LogP contribution in [-0.4, -0.2) is 34.4 Å². The molecule has 1 fully saturated rings. The predicted molar refractivity (Wildman–Crippen MR) is 89.0 cm³/mol. The summed E-state index contributed by atoms with van der Waals surface area (Å²) in [5.41, 5.74) is 2.38. The molecule has 4 rings (SSSR count). The van der Waals surface area contributed by atoms with Gasteiger partial charge in [0, 0.05) is 29.7 Å². The molecule has 0 radical (unpaired) electrons. The van der Waals surface area contributed by atoms with Gasteiger partial charge in [-0.3, -0.25) is 9.25 Å². The molecule has 124 valence electrons. The van der Waals surface area contributed by atoms with Crippen molar-refractivity contribution in [2.75, 3.05) is 0 Å². The van der Waals surface area contributed by atoms with E-state index in [-0.39, 0.29) is 11.8 Å². The van der Waals surface area contributed by atoms with Crippen molar-refractivity contribution in [2.45, 2.75) is 45.1 Å². The minimum absolute atomic E-state index is 0.00935. The molecule has 0 saturated heterocycles. The first kappa shape index (κ1) is 14.9. The Kier molecular flexibility index (Phi) is 3.55. The normalized spacial score (nSPS) is 15.0. The van der Waals surface area contributed by atoms with Crippen LogP contribution in [0.25, 0.3) is 17.2 Å². The average molecular weight is 324 g/mol. The molecule has 3 aromatic heterocycles. The van der Waals surface area contributed by atoms with Gasteiger partial charge in [0.1, 0.15) is 6.33 Å². The number of rotatable bonds is 4. The molecule has 0 unspecified atom stereocenters. The molecule has 24 heavy (non-hydrogen) atoms. The molecule has 7 nitrogen and oxygen atoms in total. The van der Waals surface area contributed by atoms with E-state index < -0.39 is 0 Å². The van der Waals surface area contributed by atoms with E-state index in [4.69, 9.17) is 0 Å². The Morgan fingerprint density at radius 1 is 1.25 bits per heavy atom. The van der Waals surface area contributed by atoms with Crippen LogP contribution < -0.4 is 0 Å². The van der Waals surface area contributed by atoms with Gasteiger partial charge in [-0.05, 0) is 25.2 Å². The Morgan fingerprint density at radius 2 is 2.08 bits per heavy atom. The Hall–Kier alpha value is -2.70. The highest BCUT2D eigenvalue weighted by Crippen LogP contribution is 2.36. The van der Waals surface area contributed by atoms with Gasteiger partial charge in [0.15, 0.2) is 0 Å². The highest BCUT2D eigenvalue weighted by atomic mass is 16.3. The summed E-state index contributed by atoms with van der Waals surface area (Å²) < 4.78 is 3.70. The van der Waals surface area contributed by atoms with Crippen molar-refractivity contribution in [3.63, 3.8) is 0 Å². The minimum atomic E-state index is 0.00935. The zero-order chi connectivity index (χ0) is 16.7. The highest BCUT2D eigenvalue weighted by molar-refractivity contribution is 5.65. The maximum absolute atomic E-state index is 10.5. The molecule has 0 aliphatic heterocycles. The van der Waals surface area contributed by atoms with Crippen LogP contribution in [0.1, 0.15) is 50.6 Å². The average Bonchev–Trinajstić information content (AvgIpc) is 3.15. The first-order valence-electron chi connectivity index (χ1n) is 8.27. The van der Waals surface area contributed by atoms with Crippen LogP contribution in [0.15, 0.2) is 31.1 Å². The second-order valence-corrected chi connectivity index (χ2v) is 6.53. The monoisotopic (exact) mass is 324 g/mol. The minimum Gasteiger partial charge on any atom is -0.493 e. The molecule has 1 N–H and O–H groups in total. The van der Waals surface area contributed by atoms with Crippen LogP contribution in [-0.2, 0) is 0 Å². The second-order valence-electron chi connectivity index (χ2n) is 6.53. The summed E-state index contributed by atoms with van der Waals surface area (Å²) in [6, 6.07) is 0.491. The summed E-state index contributed by atoms with van der Waals surface area (Å²) in [7, 11) is 0. The molecule has 0 amide bonds. The van der Waals surface area contributed by atoms with Gasteiger partial charge in [0.25, 0.3) is 0 Å². The van der Waals surface area contributed by atoms with Crippen molar-refractivity contribution in [2.24, 2.45) is 0 Å². The smallest absolute Gasteiger partial charge is 0.238 e. The lowest BCUT2D eigenvalue weighted by Gasteiger charge is -2.25. The van der Waals surface area contributed by atoms with Crippen molar-refractivity contribution in [3.8, 4) is 23.1 Å². The summed E-state index contributed by atoms with van der Waals surface area (Å²) in [5.74, 6) is 0.514. The highest BCUT2D eigenvalue weighted by Gasteiger charge is 2.23. The third-order valence-corrected chi connectivity index (χ3v) is 4.55. The van der Waals surface area contributed by atoms with E-state index in [2.05, 4.69) is 20.1 Å². The van der Waals surface area contributed by atoms with Crippen LogP contribution in [0, 0.1) is 0 Å². The van der Waals surface area contributed by atoms with Crippen LogP contribution in [0.5, 0.6) is 5.88 Å². The zero-order valence-electron chi connectivity index (χ0n) is 13.8. The molecule has 7 heteroatoms. The van der Waals surface area contributed by atoms with Crippen molar-refractivity contribution in [3.05, 3.63) is 36.7 Å². The Labute approximate surface area is 140 Å². The first-order valence-corrected chi connectivity index (χ1v) is 8.27. The van der Waals surface area contributed by atoms with E-state index in [0.29, 0.717) is 12.0 Å². The molecule has 0 aromatic carbocycles. The maximum atomic E-state index is 10.5. The molecule has 3 aromatic rings. The van der Waals surface area contributed by atoms with Gasteiger partial charge in [0.05, 0.1) is 17.9 Å². The van der Waals surface area contributed by atoms with Crippen molar-refractivity contribution in [1.82, 2.24) is 29.3 Å². The van der Waals surface area contributed by atoms with E-state index in [1.165, 1.54) is 19.3 Å². The molecule has 0 atom stereocenters. The third kappa shape index (κ3) is 2.46. The molecular formula is C17H20N6O. The molecule has 1 aliphatic carbocycles. The van der Waals surface area contributed by atoms with Gasteiger partial charge in [-0.15, -0.1) is 0 Å². The number of hydrogen-bond donors (Lipinski definition) is 1. The van der Waals surface area contributed by atoms with Gasteiger partial charge in [-0.1, -0.05) is 13.8 Å². The summed E-state index contributed by atoms with van der Waals surface area (Å²) in [4.78, 5) is 12.9. The predicted octanol–water partition coefficient (Wildman–Crippen LogP) is 3.08. The lowest BCUT2D eigenvalue weighted by Crippen LogP contribution is -2.17. The number of aromatic hydroxyl groups is 1. The van der Waals surface area contributed by atoms with Crippen LogP contribution in [0.2, 0.25) is 0 Å². The first-order chi connectivity index (χ1) is 11.6. The fourth-order valence-corrected chi connectivity index (χ4v) is 3.00. The Bertz CT molecular complexity index is 848. The summed E-state index contributed by atoms with van der Waals surface area (Å²) in [5, 5.41) is 15.0. The molecule has 0 bridgehead atoms. The lowest BCUT2D eigenvalue weighted by molar-refractivity contribution is 0.289. The standard InChI is InChI=1S/C17H20N6O/c1-11(2)14-15(12-8-19-23(9-12)13-4-3-5-13)20-17(21-16(14)24)22-7-6-18-10-22/h6-11,13H,3-5H2,1-2H3,(H,20,21,24). The van der Waals surface area contributed by atoms with Gasteiger partial charge < -0.3 is 5.11 Å². The molecule has 3 heterocycles. The number of imidazole rings is 1. The molecule has 1 aliphatic rings. The lowest BCUT2D eigenvalue weighted by atomic mass is 9.93. The summed E-state index contributed by atoms with van der Waals surface area (Å²) in [6.45, 7) is 4.05. The van der Waals surface area contributed by atoms with Crippen LogP contribution >= 0.6 is 0 Å². The van der Waals surface area contributed by atoms with E-state index >= 15 is 0 Å². The third-order valence-electron chi connectivity index (χ3n) is 4.55. The van der Waals surface area contributed by atoms with Gasteiger partial charge >= 0.3 is 0 Å². The van der Waals surface area contributed by atoms with Crippen molar-refractivity contribution < 1.29 is 5.11 Å². The summed E-state index contributed by atoms with van der Waals surface area (Å²) >= 11 is 0. The zero-order valence-corrected chi connectivity index (χ0v) is 13.8. The van der Waals surface area contributed by atoms with Gasteiger partial charge in [-0.2, -0.15) is 10.1 Å². The maximum Gasteiger partial charge on any atom is 0.238 e. The van der Waals surface area contributed by atoms with Crippen LogP contribution in [0.3, 0.4) is 0 Å². The SMILES string of the molecule is CC(C)c1c(O)nc(-n2ccnc2)nc1-c1cnn(C2CCC2)c1.